The van der Waals surface area contributed by atoms with Crippen molar-refractivity contribution in [1.82, 2.24) is 24.3 Å². The number of methoxy groups -OCH3 is 1. The number of nitrogens with one attached hydrogen (secondary N) is 2. The Labute approximate surface area is 295 Å². The van der Waals surface area contributed by atoms with Crippen molar-refractivity contribution in [1.29, 1.82) is 0 Å². The van der Waals surface area contributed by atoms with E-state index in [1.54, 1.807) is 0 Å². The largest absolute Gasteiger partial charge is 0.495 e. The third-order valence-electron chi connectivity index (χ3n) is 8.17. The lowest BCUT2D eigenvalue weighted by Crippen LogP contribution is -2.34. The number of anilines is 1. The molecular weight excluding hydrogens is 717 g/mol. The van der Waals surface area contributed by atoms with Gasteiger partial charge in [0.1, 0.15) is 11.8 Å². The Morgan fingerprint density at radius 2 is 1.75 bits per heavy atom. The molecule has 0 bridgehead atoms. The molecule has 2 N–H and O–H groups in total. The fourth-order valence-electron chi connectivity index (χ4n) is 5.71. The lowest BCUT2D eigenvalue weighted by atomic mass is 9.98. The van der Waals surface area contributed by atoms with Gasteiger partial charge in [0.25, 0.3) is 11.5 Å². The molecule has 1 aliphatic rings. The van der Waals surface area contributed by atoms with E-state index in [0.717, 1.165) is 43.0 Å². The van der Waals surface area contributed by atoms with Crippen molar-refractivity contribution < 1.29 is 40.7 Å². The Balaban J connectivity index is 1.48. The zero-order valence-corrected chi connectivity index (χ0v) is 29.0. The number of rotatable bonds is 12. The topological polar surface area (TPSA) is 164 Å². The first kappa shape index (κ1) is 37.5. The molecule has 0 spiro atoms. The molecule has 1 atom stereocenters. The summed E-state index contributed by atoms with van der Waals surface area (Å²) in [5.74, 6) is -1.35. The maximum atomic E-state index is 13.8. The van der Waals surface area contributed by atoms with Gasteiger partial charge in [0, 0.05) is 46.5 Å². The van der Waals surface area contributed by atoms with E-state index in [1.807, 2.05) is 4.72 Å². The van der Waals surface area contributed by atoms with E-state index >= 15 is 0 Å². The molecular formula is C33H34ClF3N6O7S. The summed E-state index contributed by atoms with van der Waals surface area (Å²) in [6.07, 6.45) is 3.20. The second kappa shape index (κ2) is 15.7. The first-order valence-electron chi connectivity index (χ1n) is 15.8. The Hall–Kier alpha value is -4.74. The Morgan fingerprint density at radius 1 is 1.04 bits per heavy atom. The van der Waals surface area contributed by atoms with E-state index in [4.69, 9.17) is 21.1 Å². The zero-order valence-electron chi connectivity index (χ0n) is 27.4. The molecule has 1 aliphatic carbocycles. The minimum atomic E-state index is -4.74. The minimum Gasteiger partial charge on any atom is -0.495 e. The lowest BCUT2D eigenvalue weighted by Gasteiger charge is -2.25. The van der Waals surface area contributed by atoms with E-state index < -0.39 is 45.3 Å². The van der Waals surface area contributed by atoms with E-state index in [9.17, 15) is 36.0 Å². The van der Waals surface area contributed by atoms with Crippen LogP contribution in [0.1, 0.15) is 60.6 Å². The number of benzene rings is 2. The fourth-order valence-corrected chi connectivity index (χ4v) is 6.34. The summed E-state index contributed by atoms with van der Waals surface area (Å²) in [5, 5.41) is 9.79. The highest BCUT2D eigenvalue weighted by molar-refractivity contribution is 7.89. The molecule has 2 heterocycles. The van der Waals surface area contributed by atoms with Crippen molar-refractivity contribution in [3.8, 4) is 22.6 Å². The van der Waals surface area contributed by atoms with Gasteiger partial charge in [0.2, 0.25) is 15.9 Å². The van der Waals surface area contributed by atoms with E-state index in [1.165, 1.54) is 66.4 Å². The summed E-state index contributed by atoms with van der Waals surface area (Å²) in [7, 11) is -2.46. The number of sulfonamides is 1. The van der Waals surface area contributed by atoms with Crippen molar-refractivity contribution in [3.63, 3.8) is 0 Å². The second-order valence-corrected chi connectivity index (χ2v) is 14.1. The van der Waals surface area contributed by atoms with Crippen LogP contribution in [0.3, 0.4) is 0 Å². The predicted octanol–water partition coefficient (Wildman–Crippen LogP) is 5.39. The highest BCUT2D eigenvalue weighted by Crippen LogP contribution is 2.36. The standard InChI is InChI=1S/C33H34ClF3N6O7S/c1-49-28-18-42(30(44)17-25(28)24-16-21(34)10-13-26(24)43-19-29(39-41-43)33(35,36)37)27(14-15-50-23-6-4-3-5-7-23)32(46)38-22-11-8-20(9-12-22)31(45)40-51(2,47)48/h8-13,16-19,23,27H,3-7,14-15H2,1-2H3,(H,38,46)(H,40,45)/t27-/m0/s1. The number of hydrogen-bond donors (Lipinski definition) is 2. The van der Waals surface area contributed by atoms with Crippen LogP contribution in [-0.2, 0) is 25.7 Å². The van der Waals surface area contributed by atoms with Crippen LogP contribution < -0.4 is 20.3 Å². The lowest BCUT2D eigenvalue weighted by molar-refractivity contribution is -0.141. The number of aromatic nitrogens is 4. The van der Waals surface area contributed by atoms with E-state index in [0.29, 0.717) is 6.20 Å². The summed E-state index contributed by atoms with van der Waals surface area (Å²) < 4.78 is 78.5. The molecule has 2 aromatic carbocycles. The summed E-state index contributed by atoms with van der Waals surface area (Å²) in [6.45, 7) is 0.149. The maximum Gasteiger partial charge on any atom is 0.436 e. The number of halogens is 4. The Kier molecular flexibility index (Phi) is 11.5. The highest BCUT2D eigenvalue weighted by atomic mass is 35.5. The van der Waals surface area contributed by atoms with Gasteiger partial charge in [-0.15, -0.1) is 5.10 Å². The molecule has 0 saturated heterocycles. The second-order valence-electron chi connectivity index (χ2n) is 11.9. The van der Waals surface area contributed by atoms with Gasteiger partial charge >= 0.3 is 6.18 Å². The number of carbonyl (C=O) groups excluding carboxylic acids is 2. The van der Waals surface area contributed by atoms with Crippen LogP contribution in [0.15, 0.2) is 65.7 Å². The number of hydrogen-bond acceptors (Lipinski definition) is 9. The summed E-state index contributed by atoms with van der Waals surface area (Å²) in [5.41, 5.74) is -1.06. The minimum absolute atomic E-state index is 0.0256. The van der Waals surface area contributed by atoms with Gasteiger partial charge in [-0.2, -0.15) is 13.2 Å². The van der Waals surface area contributed by atoms with Crippen LogP contribution >= 0.6 is 11.6 Å². The number of alkyl halides is 3. The number of ether oxygens (including phenoxy) is 2. The molecule has 2 aromatic heterocycles. The Bertz CT molecular complexity index is 2060. The first-order valence-corrected chi connectivity index (χ1v) is 18.0. The third-order valence-corrected chi connectivity index (χ3v) is 8.96. The van der Waals surface area contributed by atoms with Gasteiger partial charge in [-0.1, -0.05) is 36.1 Å². The van der Waals surface area contributed by atoms with Gasteiger partial charge < -0.3 is 14.8 Å². The molecule has 13 nitrogen and oxygen atoms in total. The molecule has 5 rings (SSSR count). The molecule has 1 fully saturated rings. The maximum absolute atomic E-state index is 13.8. The summed E-state index contributed by atoms with van der Waals surface area (Å²) >= 11 is 6.28. The molecule has 51 heavy (non-hydrogen) atoms. The molecule has 2 amide bonds. The van der Waals surface area contributed by atoms with Crippen molar-refractivity contribution in [3.05, 3.63) is 87.6 Å². The molecule has 18 heteroatoms. The third kappa shape index (κ3) is 9.53. The molecule has 272 valence electrons. The van der Waals surface area contributed by atoms with Crippen molar-refractivity contribution in [2.24, 2.45) is 0 Å². The van der Waals surface area contributed by atoms with Crippen LogP contribution in [0.5, 0.6) is 5.75 Å². The highest BCUT2D eigenvalue weighted by Gasteiger charge is 2.35. The SMILES string of the molecule is COc1cn([C@@H](CCOC2CCCCC2)C(=O)Nc2ccc(C(=O)NS(C)(=O)=O)cc2)c(=O)cc1-c1cc(Cl)ccc1-n1cc(C(F)(F)F)nn1. The zero-order chi connectivity index (χ0) is 36.9. The predicted molar refractivity (Wildman–Crippen MR) is 181 cm³/mol. The van der Waals surface area contributed by atoms with Crippen molar-refractivity contribution >= 4 is 39.1 Å². The summed E-state index contributed by atoms with van der Waals surface area (Å²) in [6, 6.07) is 9.85. The van der Waals surface area contributed by atoms with Crippen molar-refractivity contribution in [2.75, 3.05) is 25.3 Å². The number of pyridine rings is 1. The molecule has 0 aliphatic heterocycles. The summed E-state index contributed by atoms with van der Waals surface area (Å²) in [4.78, 5) is 39.9. The molecule has 0 unspecified atom stereocenters. The van der Waals surface area contributed by atoms with Crippen LogP contribution in [0.25, 0.3) is 16.8 Å². The smallest absolute Gasteiger partial charge is 0.436 e. The molecule has 0 radical (unpaired) electrons. The van der Waals surface area contributed by atoms with Crippen LogP contribution in [0.2, 0.25) is 5.02 Å². The Morgan fingerprint density at radius 3 is 2.37 bits per heavy atom. The average molecular weight is 751 g/mol. The normalized spacial score (nSPS) is 14.5. The quantitative estimate of drug-likeness (QED) is 0.193. The monoisotopic (exact) mass is 750 g/mol. The number of nitrogens with zero attached hydrogens (tertiary/aromatic N) is 4. The molecule has 1 saturated carbocycles. The van der Waals surface area contributed by atoms with Gasteiger partial charge in [-0.25, -0.2) is 17.8 Å². The van der Waals surface area contributed by atoms with E-state index in [-0.39, 0.29) is 58.0 Å². The number of amides is 2. The van der Waals surface area contributed by atoms with Gasteiger partial charge in [0.15, 0.2) is 5.69 Å². The van der Waals surface area contributed by atoms with E-state index in [2.05, 4.69) is 15.6 Å². The first-order chi connectivity index (χ1) is 24.1. The van der Waals surface area contributed by atoms with Crippen LogP contribution in [0.4, 0.5) is 18.9 Å². The van der Waals surface area contributed by atoms with Crippen molar-refractivity contribution in [2.45, 2.75) is 56.8 Å². The van der Waals surface area contributed by atoms with Gasteiger partial charge in [-0.3, -0.25) is 19.0 Å². The van der Waals surface area contributed by atoms with Gasteiger partial charge in [-0.05, 0) is 55.3 Å². The van der Waals surface area contributed by atoms with Crippen LogP contribution in [-0.4, -0.2) is 65.9 Å². The fraction of sp³-hybridized carbons (Fsp3) is 0.364. The number of carbonyl (C=O) groups is 2. The molecule has 4 aromatic rings. The average Bonchev–Trinajstić information content (AvgIpc) is 3.58. The van der Waals surface area contributed by atoms with Gasteiger partial charge in [0.05, 0.1) is 37.6 Å². The van der Waals surface area contributed by atoms with Crippen LogP contribution in [0, 0.1) is 0 Å².